The number of anilines is 2. The number of nitrogen functional groups attached to an aromatic ring is 1. The van der Waals surface area contributed by atoms with Gasteiger partial charge in [0.1, 0.15) is 11.2 Å². The number of rotatable bonds is 1. The van der Waals surface area contributed by atoms with Gasteiger partial charge in [-0.15, -0.1) is 0 Å². The molecule has 25 heavy (non-hydrogen) atoms. The summed E-state index contributed by atoms with van der Waals surface area (Å²) in [5.41, 5.74) is 2.23. The second-order valence-electron chi connectivity index (χ2n) is 7.53. The number of hydrogen-bond acceptors (Lipinski definition) is 5. The summed E-state index contributed by atoms with van der Waals surface area (Å²) in [5.74, 6) is -2.07. The summed E-state index contributed by atoms with van der Waals surface area (Å²) < 4.78 is 38.6. The quantitative estimate of drug-likeness (QED) is 0.746. The van der Waals surface area contributed by atoms with Crippen molar-refractivity contribution in [1.29, 1.82) is 0 Å². The van der Waals surface area contributed by atoms with Gasteiger partial charge < -0.3 is 15.2 Å². The van der Waals surface area contributed by atoms with E-state index in [0.717, 1.165) is 13.0 Å². The fraction of sp³-hybridized carbons (Fsp3) is 0.529. The van der Waals surface area contributed by atoms with Gasteiger partial charge in [0.05, 0.1) is 11.4 Å². The van der Waals surface area contributed by atoms with Crippen molar-refractivity contribution in [3.05, 3.63) is 23.3 Å². The number of carbonyl (C=O) groups is 2. The Hall–Kier alpha value is -2.38. The van der Waals surface area contributed by atoms with E-state index < -0.39 is 52.0 Å². The molecule has 2 N–H and O–H groups in total. The number of amides is 2. The number of halogens is 2. The van der Waals surface area contributed by atoms with Crippen molar-refractivity contribution in [2.24, 2.45) is 0 Å². The molecule has 0 unspecified atom stereocenters. The van der Waals surface area contributed by atoms with Crippen LogP contribution in [0, 0.1) is 18.6 Å². The van der Waals surface area contributed by atoms with E-state index in [1.54, 1.807) is 41.5 Å². The van der Waals surface area contributed by atoms with E-state index in [9.17, 15) is 18.4 Å². The second-order valence-corrected chi connectivity index (χ2v) is 7.53. The van der Waals surface area contributed by atoms with E-state index in [4.69, 9.17) is 15.2 Å². The highest BCUT2D eigenvalue weighted by molar-refractivity contribution is 6.10. The lowest BCUT2D eigenvalue weighted by Gasteiger charge is -2.29. The van der Waals surface area contributed by atoms with Crippen LogP contribution in [0.2, 0.25) is 0 Å². The maximum Gasteiger partial charge on any atom is 0.424 e. The Kier molecular flexibility index (Phi) is 5.67. The molecular formula is C17H24F2N2O4. The number of nitrogens with zero attached hydrogens (tertiary/aromatic N) is 1. The molecule has 1 rings (SSSR count). The molecule has 0 bridgehead atoms. The average molecular weight is 358 g/mol. The fourth-order valence-electron chi connectivity index (χ4n) is 1.83. The van der Waals surface area contributed by atoms with Crippen molar-refractivity contribution in [1.82, 2.24) is 0 Å². The van der Waals surface area contributed by atoms with E-state index in [2.05, 4.69) is 0 Å². The van der Waals surface area contributed by atoms with Gasteiger partial charge >= 0.3 is 12.2 Å². The van der Waals surface area contributed by atoms with Crippen molar-refractivity contribution >= 4 is 23.6 Å². The van der Waals surface area contributed by atoms with Crippen LogP contribution < -0.4 is 10.6 Å². The Morgan fingerprint density at radius 3 is 1.72 bits per heavy atom. The van der Waals surface area contributed by atoms with Gasteiger partial charge in [0.15, 0.2) is 11.6 Å². The van der Waals surface area contributed by atoms with E-state index in [1.165, 1.54) is 0 Å². The molecule has 0 spiro atoms. The van der Waals surface area contributed by atoms with Crippen LogP contribution in [0.4, 0.5) is 29.7 Å². The van der Waals surface area contributed by atoms with E-state index in [0.29, 0.717) is 4.90 Å². The first kappa shape index (κ1) is 20.7. The zero-order valence-corrected chi connectivity index (χ0v) is 15.5. The van der Waals surface area contributed by atoms with Crippen molar-refractivity contribution in [3.63, 3.8) is 0 Å². The van der Waals surface area contributed by atoms with Gasteiger partial charge in [-0.25, -0.2) is 18.4 Å². The van der Waals surface area contributed by atoms with Crippen molar-refractivity contribution < 1.29 is 27.8 Å². The summed E-state index contributed by atoms with van der Waals surface area (Å²) in [7, 11) is 0. The number of carbonyl (C=O) groups excluding carboxylic acids is 2. The summed E-state index contributed by atoms with van der Waals surface area (Å²) in [5, 5.41) is 0. The largest absolute Gasteiger partial charge is 0.443 e. The van der Waals surface area contributed by atoms with Crippen LogP contribution in [0.3, 0.4) is 0 Å². The molecule has 0 radical (unpaired) electrons. The van der Waals surface area contributed by atoms with Crippen molar-refractivity contribution in [2.45, 2.75) is 59.7 Å². The van der Waals surface area contributed by atoms with Gasteiger partial charge in [0.2, 0.25) is 0 Å². The Morgan fingerprint density at radius 1 is 0.960 bits per heavy atom. The molecule has 0 saturated carbocycles. The summed E-state index contributed by atoms with van der Waals surface area (Å²) in [6, 6.07) is 0.853. The topological polar surface area (TPSA) is 81.9 Å². The molecule has 0 aliphatic rings. The van der Waals surface area contributed by atoms with Crippen LogP contribution in [0.1, 0.15) is 47.1 Å². The molecule has 6 nitrogen and oxygen atoms in total. The molecule has 1 aromatic rings. The van der Waals surface area contributed by atoms with E-state index in [-0.39, 0.29) is 0 Å². The van der Waals surface area contributed by atoms with Gasteiger partial charge in [-0.2, -0.15) is 4.90 Å². The number of nitrogens with two attached hydrogens (primary N) is 1. The van der Waals surface area contributed by atoms with Crippen LogP contribution in [-0.4, -0.2) is 23.4 Å². The minimum atomic E-state index is -1.16. The lowest BCUT2D eigenvalue weighted by atomic mass is 10.1. The molecule has 0 aliphatic carbocycles. The minimum absolute atomic E-state index is 0.370. The molecule has 140 valence electrons. The third-order valence-corrected chi connectivity index (χ3v) is 2.82. The molecule has 0 saturated heterocycles. The number of ether oxygens (including phenoxy) is 2. The zero-order valence-electron chi connectivity index (χ0n) is 15.5. The Labute approximate surface area is 145 Å². The van der Waals surface area contributed by atoms with Gasteiger partial charge in [-0.05, 0) is 54.5 Å². The number of benzene rings is 1. The van der Waals surface area contributed by atoms with Gasteiger partial charge in [-0.1, -0.05) is 0 Å². The molecule has 0 atom stereocenters. The maximum absolute atomic E-state index is 14.5. The fourth-order valence-corrected chi connectivity index (χ4v) is 1.83. The Morgan fingerprint density at radius 2 is 1.36 bits per heavy atom. The Balaban J connectivity index is 3.47. The highest BCUT2D eigenvalue weighted by atomic mass is 19.1. The first-order valence-electron chi connectivity index (χ1n) is 7.64. The lowest BCUT2D eigenvalue weighted by Crippen LogP contribution is -2.44. The number of hydrogen-bond donors (Lipinski definition) is 1. The Bertz CT molecular complexity index is 663. The van der Waals surface area contributed by atoms with E-state index in [1.807, 2.05) is 0 Å². The van der Waals surface area contributed by atoms with Crippen molar-refractivity contribution in [3.8, 4) is 0 Å². The van der Waals surface area contributed by atoms with E-state index >= 15 is 0 Å². The monoisotopic (exact) mass is 358 g/mol. The third-order valence-electron chi connectivity index (χ3n) is 2.82. The maximum atomic E-state index is 14.5. The molecule has 8 heteroatoms. The second kappa shape index (κ2) is 6.85. The molecular weight excluding hydrogens is 334 g/mol. The predicted molar refractivity (Wildman–Crippen MR) is 90.5 cm³/mol. The molecule has 1 aromatic carbocycles. The highest BCUT2D eigenvalue weighted by Crippen LogP contribution is 2.31. The lowest BCUT2D eigenvalue weighted by molar-refractivity contribution is 0.0429. The first-order valence-corrected chi connectivity index (χ1v) is 7.64. The summed E-state index contributed by atoms with van der Waals surface area (Å²) >= 11 is 0. The average Bonchev–Trinajstić information content (AvgIpc) is 2.38. The zero-order chi connectivity index (χ0) is 19.7. The van der Waals surface area contributed by atoms with Crippen LogP contribution in [0.5, 0.6) is 0 Å². The molecule has 0 fully saturated rings. The summed E-state index contributed by atoms with van der Waals surface area (Å²) in [6.07, 6.45) is -2.32. The molecule has 0 aliphatic heterocycles. The first-order chi connectivity index (χ1) is 11.1. The van der Waals surface area contributed by atoms with Crippen LogP contribution in [0.15, 0.2) is 6.07 Å². The van der Waals surface area contributed by atoms with Crippen LogP contribution in [-0.2, 0) is 9.47 Å². The number of imide groups is 1. The minimum Gasteiger partial charge on any atom is -0.443 e. The molecule has 0 heterocycles. The molecule has 2 amide bonds. The summed E-state index contributed by atoms with van der Waals surface area (Å²) in [6.45, 7) is 10.6. The van der Waals surface area contributed by atoms with Gasteiger partial charge in [0, 0.05) is 5.56 Å². The highest BCUT2D eigenvalue weighted by Gasteiger charge is 2.35. The van der Waals surface area contributed by atoms with Crippen molar-refractivity contribution in [2.75, 3.05) is 10.6 Å². The van der Waals surface area contributed by atoms with Crippen LogP contribution >= 0.6 is 0 Å². The van der Waals surface area contributed by atoms with Gasteiger partial charge in [-0.3, -0.25) is 0 Å². The normalized spacial score (nSPS) is 11.9. The van der Waals surface area contributed by atoms with Gasteiger partial charge in [0.25, 0.3) is 0 Å². The predicted octanol–water partition coefficient (Wildman–Crippen LogP) is 4.53. The van der Waals surface area contributed by atoms with Crippen LogP contribution in [0.25, 0.3) is 0 Å². The molecule has 0 aromatic heterocycles. The smallest absolute Gasteiger partial charge is 0.424 e. The SMILES string of the molecule is Cc1c(F)c(N)cc(N(C(=O)OC(C)(C)C)C(=O)OC(C)(C)C)c1F. The third kappa shape index (κ3) is 5.30. The summed E-state index contributed by atoms with van der Waals surface area (Å²) in [4.78, 5) is 25.3. The standard InChI is InChI=1S/C17H24F2N2O4/c1-9-12(18)10(20)8-11(13(9)19)21(14(22)24-16(2,3)4)15(23)25-17(5,6)7/h8H,20H2,1-7H3.